The molecule has 0 heterocycles. The largest absolute Gasteiger partial charge is 0.320 e. The number of benzene rings is 2. The summed E-state index contributed by atoms with van der Waals surface area (Å²) in [6.45, 7) is 1.55. The van der Waals surface area contributed by atoms with Gasteiger partial charge in [-0.05, 0) is 42.3 Å². The van der Waals surface area contributed by atoms with Crippen LogP contribution in [0.2, 0.25) is 10.0 Å². The van der Waals surface area contributed by atoms with Crippen LogP contribution in [0.15, 0.2) is 30.3 Å². The van der Waals surface area contributed by atoms with Crippen LogP contribution in [-0.2, 0) is 0 Å². The monoisotopic (exact) mass is 301 g/mol. The van der Waals surface area contributed by atoms with E-state index in [4.69, 9.17) is 28.9 Å². The summed E-state index contributed by atoms with van der Waals surface area (Å²) in [5, 5.41) is 0.828. The van der Waals surface area contributed by atoms with E-state index in [0.717, 1.165) is 6.07 Å². The maximum Gasteiger partial charge on any atom is 0.131 e. The van der Waals surface area contributed by atoms with Gasteiger partial charge in [-0.2, -0.15) is 0 Å². The molecule has 2 aromatic carbocycles. The Balaban J connectivity index is 2.49. The average Bonchev–Trinajstić information content (AvgIpc) is 2.31. The first-order chi connectivity index (χ1) is 8.88. The van der Waals surface area contributed by atoms with Crippen molar-refractivity contribution in [3.63, 3.8) is 0 Å². The molecule has 0 aromatic heterocycles. The van der Waals surface area contributed by atoms with Gasteiger partial charge in [0.2, 0.25) is 0 Å². The third-order valence-electron chi connectivity index (χ3n) is 2.86. The predicted octanol–water partition coefficient (Wildman–Crippen LogP) is 4.63. The summed E-state index contributed by atoms with van der Waals surface area (Å²) >= 11 is 11.8. The zero-order valence-corrected chi connectivity index (χ0v) is 11.6. The summed E-state index contributed by atoms with van der Waals surface area (Å²) in [5.74, 6) is -1.29. The molecule has 100 valence electrons. The van der Waals surface area contributed by atoms with Gasteiger partial charge in [0, 0.05) is 21.7 Å². The molecule has 0 spiro atoms. The Morgan fingerprint density at radius 3 is 2.11 bits per heavy atom. The molecule has 2 rings (SSSR count). The van der Waals surface area contributed by atoms with Gasteiger partial charge in [0.15, 0.2) is 0 Å². The van der Waals surface area contributed by atoms with Crippen molar-refractivity contribution in [1.29, 1.82) is 0 Å². The molecule has 2 aromatic rings. The van der Waals surface area contributed by atoms with Crippen LogP contribution in [0, 0.1) is 18.6 Å². The maximum atomic E-state index is 13.8. The molecule has 0 radical (unpaired) electrons. The zero-order valence-electron chi connectivity index (χ0n) is 10.1. The van der Waals surface area contributed by atoms with E-state index in [0.29, 0.717) is 21.2 Å². The Hall–Kier alpha value is -1.16. The minimum Gasteiger partial charge on any atom is -0.320 e. The van der Waals surface area contributed by atoms with Crippen molar-refractivity contribution in [1.82, 2.24) is 0 Å². The van der Waals surface area contributed by atoms with E-state index in [1.54, 1.807) is 25.1 Å². The maximum absolute atomic E-state index is 13.8. The molecule has 1 unspecified atom stereocenters. The van der Waals surface area contributed by atoms with Gasteiger partial charge < -0.3 is 5.73 Å². The molecule has 19 heavy (non-hydrogen) atoms. The smallest absolute Gasteiger partial charge is 0.131 e. The molecule has 2 N–H and O–H groups in total. The van der Waals surface area contributed by atoms with Gasteiger partial charge >= 0.3 is 0 Å². The quantitative estimate of drug-likeness (QED) is 0.860. The lowest BCUT2D eigenvalue weighted by atomic mass is 9.97. The first-order valence-corrected chi connectivity index (χ1v) is 6.31. The molecule has 0 fully saturated rings. The Kier molecular flexibility index (Phi) is 4.09. The molecule has 1 atom stereocenters. The Morgan fingerprint density at radius 2 is 1.53 bits per heavy atom. The van der Waals surface area contributed by atoms with Crippen LogP contribution >= 0.6 is 23.2 Å². The van der Waals surface area contributed by atoms with E-state index >= 15 is 0 Å². The van der Waals surface area contributed by atoms with E-state index in [1.807, 2.05) is 0 Å². The summed E-state index contributed by atoms with van der Waals surface area (Å²) in [7, 11) is 0. The van der Waals surface area contributed by atoms with E-state index in [1.165, 1.54) is 6.07 Å². The number of hydrogen-bond donors (Lipinski definition) is 1. The van der Waals surface area contributed by atoms with Gasteiger partial charge in [-0.15, -0.1) is 0 Å². The zero-order chi connectivity index (χ0) is 14.2. The fourth-order valence-corrected chi connectivity index (χ4v) is 2.40. The second kappa shape index (κ2) is 5.45. The SMILES string of the molecule is Cc1cc(C(N)c2cc(Cl)cc(Cl)c2)c(F)cc1F. The fourth-order valence-electron chi connectivity index (χ4n) is 1.85. The average molecular weight is 302 g/mol. The molecule has 0 aliphatic heterocycles. The lowest BCUT2D eigenvalue weighted by molar-refractivity contribution is 0.561. The second-order valence-electron chi connectivity index (χ2n) is 4.30. The molecule has 0 saturated carbocycles. The van der Waals surface area contributed by atoms with Crippen molar-refractivity contribution < 1.29 is 8.78 Å². The molecule has 0 aliphatic rings. The van der Waals surface area contributed by atoms with Crippen molar-refractivity contribution in [2.45, 2.75) is 13.0 Å². The topological polar surface area (TPSA) is 26.0 Å². The number of hydrogen-bond acceptors (Lipinski definition) is 1. The van der Waals surface area contributed by atoms with Crippen LogP contribution in [0.4, 0.5) is 8.78 Å². The highest BCUT2D eigenvalue weighted by atomic mass is 35.5. The number of nitrogens with two attached hydrogens (primary N) is 1. The summed E-state index contributed by atoms with van der Waals surface area (Å²) in [4.78, 5) is 0. The predicted molar refractivity (Wildman–Crippen MR) is 73.6 cm³/mol. The van der Waals surface area contributed by atoms with Crippen LogP contribution in [0.25, 0.3) is 0 Å². The van der Waals surface area contributed by atoms with E-state index < -0.39 is 17.7 Å². The van der Waals surface area contributed by atoms with Gasteiger partial charge in [0.1, 0.15) is 11.6 Å². The van der Waals surface area contributed by atoms with Crippen LogP contribution < -0.4 is 5.73 Å². The van der Waals surface area contributed by atoms with E-state index in [-0.39, 0.29) is 5.56 Å². The Labute approximate surface area is 119 Å². The van der Waals surface area contributed by atoms with Crippen molar-refractivity contribution in [3.8, 4) is 0 Å². The van der Waals surface area contributed by atoms with Crippen molar-refractivity contribution in [2.24, 2.45) is 5.73 Å². The van der Waals surface area contributed by atoms with Crippen molar-refractivity contribution in [2.75, 3.05) is 0 Å². The van der Waals surface area contributed by atoms with Gasteiger partial charge in [-0.1, -0.05) is 23.2 Å². The summed E-state index contributed by atoms with van der Waals surface area (Å²) in [6.07, 6.45) is 0. The number of rotatable bonds is 2. The van der Waals surface area contributed by atoms with Crippen molar-refractivity contribution >= 4 is 23.2 Å². The summed E-state index contributed by atoms with van der Waals surface area (Å²) < 4.78 is 27.0. The fraction of sp³-hybridized carbons (Fsp3) is 0.143. The molecule has 0 bridgehead atoms. The normalized spacial score (nSPS) is 12.5. The first kappa shape index (κ1) is 14.3. The number of halogens is 4. The van der Waals surface area contributed by atoms with Gasteiger partial charge in [0.25, 0.3) is 0 Å². The van der Waals surface area contributed by atoms with Crippen LogP contribution in [0.1, 0.15) is 22.7 Å². The van der Waals surface area contributed by atoms with Crippen LogP contribution in [0.5, 0.6) is 0 Å². The van der Waals surface area contributed by atoms with Gasteiger partial charge in [-0.25, -0.2) is 8.78 Å². The third kappa shape index (κ3) is 3.06. The highest BCUT2D eigenvalue weighted by Crippen LogP contribution is 2.28. The molecule has 0 amide bonds. The standard InChI is InChI=1S/C14H11Cl2F2N/c1-7-2-11(13(18)6-12(7)17)14(19)8-3-9(15)5-10(16)4-8/h2-6,14H,19H2,1H3. The molecule has 5 heteroatoms. The molecular formula is C14H11Cl2F2N. The minimum atomic E-state index is -0.754. The molecule has 0 aliphatic carbocycles. The van der Waals surface area contributed by atoms with E-state index in [9.17, 15) is 8.78 Å². The third-order valence-corrected chi connectivity index (χ3v) is 3.29. The Bertz CT molecular complexity index is 609. The summed E-state index contributed by atoms with van der Waals surface area (Å²) in [6, 6.07) is 6.24. The summed E-state index contributed by atoms with van der Waals surface area (Å²) in [5.41, 5.74) is 7.10. The highest BCUT2D eigenvalue weighted by molar-refractivity contribution is 6.34. The minimum absolute atomic E-state index is 0.206. The van der Waals surface area contributed by atoms with Crippen molar-refractivity contribution in [3.05, 3.63) is 68.7 Å². The van der Waals surface area contributed by atoms with Crippen LogP contribution in [0.3, 0.4) is 0 Å². The number of aryl methyl sites for hydroxylation is 1. The Morgan fingerprint density at radius 1 is 0.947 bits per heavy atom. The van der Waals surface area contributed by atoms with Gasteiger partial charge in [0.05, 0.1) is 6.04 Å². The van der Waals surface area contributed by atoms with Gasteiger partial charge in [-0.3, -0.25) is 0 Å². The highest BCUT2D eigenvalue weighted by Gasteiger charge is 2.16. The first-order valence-electron chi connectivity index (χ1n) is 5.55. The molecular weight excluding hydrogens is 291 g/mol. The lowest BCUT2D eigenvalue weighted by Crippen LogP contribution is -2.14. The lowest BCUT2D eigenvalue weighted by Gasteiger charge is -2.15. The van der Waals surface area contributed by atoms with Crippen LogP contribution in [-0.4, -0.2) is 0 Å². The van der Waals surface area contributed by atoms with E-state index in [2.05, 4.69) is 0 Å². The molecule has 0 saturated heterocycles. The molecule has 1 nitrogen and oxygen atoms in total. The second-order valence-corrected chi connectivity index (χ2v) is 5.18.